The minimum atomic E-state index is 0.664. The summed E-state index contributed by atoms with van der Waals surface area (Å²) in [5.74, 6) is 2.33. The van der Waals surface area contributed by atoms with Crippen LogP contribution in [0.2, 0.25) is 5.02 Å². The molecule has 96 valence electrons. The predicted molar refractivity (Wildman–Crippen MR) is 91.5 cm³/mol. The predicted octanol–water partition coefficient (Wildman–Crippen LogP) is 5.71. The van der Waals surface area contributed by atoms with Crippen LogP contribution in [0.4, 0.5) is 0 Å². The van der Waals surface area contributed by atoms with Gasteiger partial charge in [-0.1, -0.05) is 71.5 Å². The Morgan fingerprint density at radius 1 is 1.39 bits per heavy atom. The van der Waals surface area contributed by atoms with E-state index >= 15 is 0 Å². The van der Waals surface area contributed by atoms with E-state index < -0.39 is 0 Å². The third-order valence-electron chi connectivity index (χ3n) is 3.09. The zero-order valence-electron chi connectivity index (χ0n) is 10.3. The molecule has 0 saturated heterocycles. The van der Waals surface area contributed by atoms with Crippen molar-refractivity contribution in [1.29, 1.82) is 0 Å². The van der Waals surface area contributed by atoms with Crippen molar-refractivity contribution >= 4 is 46.0 Å². The second kappa shape index (κ2) is 7.01. The van der Waals surface area contributed by atoms with Gasteiger partial charge in [-0.2, -0.15) is 0 Å². The van der Waals surface area contributed by atoms with Crippen LogP contribution in [0.5, 0.6) is 0 Å². The van der Waals surface area contributed by atoms with Crippen molar-refractivity contribution in [2.45, 2.75) is 12.7 Å². The number of hydrogen-bond donors (Lipinski definition) is 0. The van der Waals surface area contributed by atoms with Crippen LogP contribution in [0.15, 0.2) is 47.4 Å². The molecule has 0 bridgehead atoms. The summed E-state index contributed by atoms with van der Waals surface area (Å²) in [4.78, 5) is 1.38. The van der Waals surface area contributed by atoms with Crippen molar-refractivity contribution in [3.8, 4) is 0 Å². The van der Waals surface area contributed by atoms with Crippen LogP contribution in [-0.2, 0) is 5.75 Å². The largest absolute Gasteiger partial charge is 0.122 e. The molecule has 1 aliphatic rings. The van der Waals surface area contributed by atoms with Crippen LogP contribution in [-0.4, -0.2) is 4.43 Å². The van der Waals surface area contributed by atoms with Gasteiger partial charge in [0, 0.05) is 20.1 Å². The maximum absolute atomic E-state index is 5.99. The van der Waals surface area contributed by atoms with Crippen LogP contribution in [0.3, 0.4) is 0 Å². The molecule has 0 fully saturated rings. The first-order valence-electron chi connectivity index (χ1n) is 6.02. The fourth-order valence-corrected chi connectivity index (χ4v) is 4.11. The van der Waals surface area contributed by atoms with Gasteiger partial charge in [0.15, 0.2) is 0 Å². The third kappa shape index (κ3) is 4.04. The molecule has 1 aromatic rings. The fraction of sp³-hybridized carbons (Fsp3) is 0.333. The molecule has 2 unspecified atom stereocenters. The molecular formula is C15H16ClIS. The maximum atomic E-state index is 5.99. The summed E-state index contributed by atoms with van der Waals surface area (Å²) in [6, 6.07) is 8.10. The quantitative estimate of drug-likeness (QED) is 0.468. The molecule has 2 rings (SSSR count). The van der Waals surface area contributed by atoms with Crippen molar-refractivity contribution < 1.29 is 0 Å². The van der Waals surface area contributed by atoms with E-state index in [0.29, 0.717) is 11.8 Å². The smallest absolute Gasteiger partial charge is 0.0409 e. The molecule has 1 aromatic carbocycles. The third-order valence-corrected chi connectivity index (χ3v) is 5.43. The molecule has 0 spiro atoms. The SMILES string of the molecule is CC1C=CC(SCc2cccc(Cl)c2)=CC1CI. The average Bonchev–Trinajstić information content (AvgIpc) is 2.38. The lowest BCUT2D eigenvalue weighted by atomic mass is 9.92. The van der Waals surface area contributed by atoms with Crippen molar-refractivity contribution in [3.05, 3.63) is 58.0 Å². The molecule has 0 aromatic heterocycles. The Bertz CT molecular complexity index is 467. The summed E-state index contributed by atoms with van der Waals surface area (Å²) in [5, 5.41) is 0.819. The number of benzene rings is 1. The zero-order valence-corrected chi connectivity index (χ0v) is 14.0. The number of allylic oxidation sites excluding steroid dienone is 3. The number of thioether (sulfide) groups is 1. The minimum absolute atomic E-state index is 0.664. The lowest BCUT2D eigenvalue weighted by Gasteiger charge is -2.20. The van der Waals surface area contributed by atoms with Crippen LogP contribution in [0, 0.1) is 11.8 Å². The molecule has 3 heteroatoms. The van der Waals surface area contributed by atoms with Crippen LogP contribution in [0.1, 0.15) is 12.5 Å². The van der Waals surface area contributed by atoms with E-state index in [4.69, 9.17) is 11.6 Å². The van der Waals surface area contributed by atoms with Gasteiger partial charge >= 0.3 is 0 Å². The normalized spacial score (nSPS) is 22.9. The number of rotatable bonds is 4. The van der Waals surface area contributed by atoms with Gasteiger partial charge in [-0.3, -0.25) is 0 Å². The summed E-state index contributed by atoms with van der Waals surface area (Å²) >= 11 is 10.4. The highest BCUT2D eigenvalue weighted by Gasteiger charge is 2.15. The fourth-order valence-electron chi connectivity index (χ4n) is 1.88. The van der Waals surface area contributed by atoms with E-state index in [1.165, 1.54) is 14.9 Å². The van der Waals surface area contributed by atoms with Crippen LogP contribution in [0.25, 0.3) is 0 Å². The van der Waals surface area contributed by atoms with Crippen LogP contribution >= 0.6 is 46.0 Å². The molecule has 0 N–H and O–H groups in total. The van der Waals surface area contributed by atoms with E-state index in [1.807, 2.05) is 30.0 Å². The number of hydrogen-bond acceptors (Lipinski definition) is 1. The second-order valence-corrected chi connectivity index (χ2v) is 6.89. The van der Waals surface area contributed by atoms with Gasteiger partial charge in [-0.15, -0.1) is 11.8 Å². The topological polar surface area (TPSA) is 0 Å². The molecule has 0 radical (unpaired) electrons. The van der Waals surface area contributed by atoms with E-state index in [0.717, 1.165) is 10.8 Å². The lowest BCUT2D eigenvalue weighted by Crippen LogP contribution is -2.11. The van der Waals surface area contributed by atoms with Gasteiger partial charge in [0.25, 0.3) is 0 Å². The van der Waals surface area contributed by atoms with E-state index in [2.05, 4.69) is 53.8 Å². The van der Waals surface area contributed by atoms with Gasteiger partial charge in [0.05, 0.1) is 0 Å². The Morgan fingerprint density at radius 3 is 2.94 bits per heavy atom. The molecule has 18 heavy (non-hydrogen) atoms. The summed E-state index contributed by atoms with van der Waals surface area (Å²) in [6.45, 7) is 2.29. The van der Waals surface area contributed by atoms with Crippen molar-refractivity contribution in [2.75, 3.05) is 4.43 Å². The minimum Gasteiger partial charge on any atom is -0.122 e. The lowest BCUT2D eigenvalue weighted by molar-refractivity contribution is 0.566. The van der Waals surface area contributed by atoms with Gasteiger partial charge in [0.1, 0.15) is 0 Å². The van der Waals surface area contributed by atoms with E-state index in [9.17, 15) is 0 Å². The number of alkyl halides is 1. The maximum Gasteiger partial charge on any atom is 0.0409 e. The zero-order chi connectivity index (χ0) is 13.0. The van der Waals surface area contributed by atoms with Gasteiger partial charge in [0.2, 0.25) is 0 Å². The van der Waals surface area contributed by atoms with Gasteiger partial charge < -0.3 is 0 Å². The van der Waals surface area contributed by atoms with Crippen LogP contribution < -0.4 is 0 Å². The van der Waals surface area contributed by atoms with Gasteiger partial charge in [-0.25, -0.2) is 0 Å². The monoisotopic (exact) mass is 390 g/mol. The molecule has 0 aliphatic heterocycles. The summed E-state index contributed by atoms with van der Waals surface area (Å²) in [5.41, 5.74) is 1.28. The van der Waals surface area contributed by atoms with Gasteiger partial charge in [-0.05, 0) is 29.5 Å². The second-order valence-electron chi connectivity index (χ2n) is 4.52. The first-order chi connectivity index (χ1) is 8.69. The molecular weight excluding hydrogens is 375 g/mol. The highest BCUT2D eigenvalue weighted by atomic mass is 127. The molecule has 0 nitrogen and oxygen atoms in total. The Hall–Kier alpha value is 0.0700. The Morgan fingerprint density at radius 2 is 2.22 bits per heavy atom. The summed E-state index contributed by atoms with van der Waals surface area (Å²) in [7, 11) is 0. The highest BCUT2D eigenvalue weighted by Crippen LogP contribution is 2.32. The number of halogens is 2. The first kappa shape index (κ1) is 14.5. The first-order valence-corrected chi connectivity index (χ1v) is 8.91. The highest BCUT2D eigenvalue weighted by molar-refractivity contribution is 14.1. The van der Waals surface area contributed by atoms with Crippen molar-refractivity contribution in [2.24, 2.45) is 11.8 Å². The Balaban J connectivity index is 1.96. The van der Waals surface area contributed by atoms with E-state index in [-0.39, 0.29) is 0 Å². The summed E-state index contributed by atoms with van der Waals surface area (Å²) < 4.78 is 1.19. The molecule has 1 aliphatic carbocycles. The average molecular weight is 391 g/mol. The van der Waals surface area contributed by atoms with Crippen molar-refractivity contribution in [1.82, 2.24) is 0 Å². The summed E-state index contributed by atoms with van der Waals surface area (Å²) in [6.07, 6.45) is 6.98. The van der Waals surface area contributed by atoms with Crippen molar-refractivity contribution in [3.63, 3.8) is 0 Å². The van der Waals surface area contributed by atoms with E-state index in [1.54, 1.807) is 0 Å². The Kier molecular flexibility index (Phi) is 5.64. The molecule has 0 heterocycles. The Labute approximate surface area is 132 Å². The molecule has 2 atom stereocenters. The standard InChI is InChI=1S/C15H16ClIS/c1-11-5-6-15(8-13(11)9-17)18-10-12-3-2-4-14(16)7-12/h2-8,11,13H,9-10H2,1H3. The molecule has 0 amide bonds. The molecule has 0 saturated carbocycles.